The number of hydrogen-bond donors (Lipinski definition) is 2. The van der Waals surface area contributed by atoms with E-state index >= 15 is 0 Å². The highest BCUT2D eigenvalue weighted by Gasteiger charge is 2.25. The van der Waals surface area contributed by atoms with Crippen LogP contribution in [-0.4, -0.2) is 75.2 Å². The van der Waals surface area contributed by atoms with E-state index in [9.17, 15) is 14.4 Å². The van der Waals surface area contributed by atoms with E-state index in [0.29, 0.717) is 36.8 Å². The number of amides is 3. The quantitative estimate of drug-likeness (QED) is 0.598. The SMILES string of the molecule is COc1ccccc1OCC1CN(C(=O)CNC(=O)CNC(=O)c2ccccc2)CCO1. The van der Waals surface area contributed by atoms with Gasteiger partial charge >= 0.3 is 0 Å². The summed E-state index contributed by atoms with van der Waals surface area (Å²) in [5.41, 5.74) is 0.464. The van der Waals surface area contributed by atoms with Crippen LogP contribution >= 0.6 is 0 Å². The number of nitrogens with zero attached hydrogens (tertiary/aromatic N) is 1. The van der Waals surface area contributed by atoms with Crippen LogP contribution in [-0.2, 0) is 14.3 Å². The summed E-state index contributed by atoms with van der Waals surface area (Å²) < 4.78 is 16.7. The third kappa shape index (κ3) is 6.71. The van der Waals surface area contributed by atoms with Crippen molar-refractivity contribution in [3.8, 4) is 11.5 Å². The van der Waals surface area contributed by atoms with E-state index in [0.717, 1.165) is 0 Å². The normalized spacial score (nSPS) is 15.5. The van der Waals surface area contributed by atoms with Crippen LogP contribution in [0, 0.1) is 0 Å². The van der Waals surface area contributed by atoms with Crippen LogP contribution in [0.5, 0.6) is 11.5 Å². The maximum atomic E-state index is 12.5. The lowest BCUT2D eigenvalue weighted by atomic mass is 10.2. The molecule has 170 valence electrons. The molecule has 0 aliphatic carbocycles. The molecule has 1 atom stereocenters. The maximum Gasteiger partial charge on any atom is 0.251 e. The Hall–Kier alpha value is -3.59. The second kappa shape index (κ2) is 11.7. The molecule has 0 bridgehead atoms. The number of nitrogens with one attached hydrogen (secondary N) is 2. The Balaban J connectivity index is 1.39. The summed E-state index contributed by atoms with van der Waals surface area (Å²) in [5.74, 6) is 0.216. The number of rotatable bonds is 9. The molecule has 1 fully saturated rings. The fourth-order valence-corrected chi connectivity index (χ4v) is 3.17. The maximum absolute atomic E-state index is 12.5. The molecule has 0 spiro atoms. The Kier molecular flexibility index (Phi) is 8.44. The highest BCUT2D eigenvalue weighted by Crippen LogP contribution is 2.26. The van der Waals surface area contributed by atoms with Crippen LogP contribution in [0.15, 0.2) is 54.6 Å². The van der Waals surface area contributed by atoms with Crippen molar-refractivity contribution in [2.24, 2.45) is 0 Å². The lowest BCUT2D eigenvalue weighted by Gasteiger charge is -2.33. The fraction of sp³-hybridized carbons (Fsp3) is 0.348. The summed E-state index contributed by atoms with van der Waals surface area (Å²) in [6.45, 7) is 1.08. The van der Waals surface area contributed by atoms with Crippen molar-refractivity contribution in [2.75, 3.05) is 46.5 Å². The van der Waals surface area contributed by atoms with Gasteiger partial charge in [-0.3, -0.25) is 14.4 Å². The third-order valence-corrected chi connectivity index (χ3v) is 4.87. The molecule has 3 amide bonds. The number of carbonyl (C=O) groups is 3. The van der Waals surface area contributed by atoms with Crippen LogP contribution in [0.2, 0.25) is 0 Å². The largest absolute Gasteiger partial charge is 0.493 e. The topological polar surface area (TPSA) is 106 Å². The average Bonchev–Trinajstić information content (AvgIpc) is 2.85. The van der Waals surface area contributed by atoms with Gasteiger partial charge in [-0.15, -0.1) is 0 Å². The standard InChI is InChI=1S/C23H27N3O6/c1-30-19-9-5-6-10-20(19)32-16-18-15-26(11-12-31-18)22(28)14-24-21(27)13-25-23(29)17-7-3-2-4-8-17/h2-10,18H,11-16H2,1H3,(H,24,27)(H,25,29). The molecule has 32 heavy (non-hydrogen) atoms. The summed E-state index contributed by atoms with van der Waals surface area (Å²) in [6, 6.07) is 15.9. The van der Waals surface area contributed by atoms with Gasteiger partial charge in [0.15, 0.2) is 11.5 Å². The number of ether oxygens (including phenoxy) is 3. The third-order valence-electron chi connectivity index (χ3n) is 4.87. The highest BCUT2D eigenvalue weighted by atomic mass is 16.5. The van der Waals surface area contributed by atoms with Crippen molar-refractivity contribution in [3.05, 3.63) is 60.2 Å². The zero-order valence-corrected chi connectivity index (χ0v) is 17.9. The minimum atomic E-state index is -0.438. The van der Waals surface area contributed by atoms with E-state index < -0.39 is 5.91 Å². The first-order chi connectivity index (χ1) is 15.6. The molecule has 1 aliphatic rings. The lowest BCUT2D eigenvalue weighted by Crippen LogP contribution is -2.51. The Morgan fingerprint density at radius 1 is 1.00 bits per heavy atom. The van der Waals surface area contributed by atoms with Gasteiger partial charge in [0.05, 0.1) is 33.4 Å². The van der Waals surface area contributed by atoms with E-state index in [2.05, 4.69) is 10.6 Å². The lowest BCUT2D eigenvalue weighted by molar-refractivity contribution is -0.140. The zero-order valence-electron chi connectivity index (χ0n) is 17.9. The van der Waals surface area contributed by atoms with Gasteiger partial charge in [-0.25, -0.2) is 0 Å². The summed E-state index contributed by atoms with van der Waals surface area (Å²) in [5, 5.41) is 5.07. The van der Waals surface area contributed by atoms with Crippen LogP contribution in [0.25, 0.3) is 0 Å². The minimum absolute atomic E-state index is 0.153. The van der Waals surface area contributed by atoms with E-state index in [4.69, 9.17) is 14.2 Å². The van der Waals surface area contributed by atoms with Gasteiger partial charge in [0, 0.05) is 12.1 Å². The molecule has 0 saturated carbocycles. The van der Waals surface area contributed by atoms with Crippen LogP contribution in [0.3, 0.4) is 0 Å². The number of methoxy groups -OCH3 is 1. The van der Waals surface area contributed by atoms with Crippen molar-refractivity contribution in [3.63, 3.8) is 0 Å². The Morgan fingerprint density at radius 3 is 2.47 bits per heavy atom. The molecule has 0 radical (unpaired) electrons. The molecule has 2 aromatic rings. The number of morpholine rings is 1. The zero-order chi connectivity index (χ0) is 22.8. The molecule has 1 aliphatic heterocycles. The van der Waals surface area contributed by atoms with Gasteiger partial charge in [0.1, 0.15) is 12.7 Å². The predicted molar refractivity (Wildman–Crippen MR) is 117 cm³/mol. The first-order valence-corrected chi connectivity index (χ1v) is 10.3. The monoisotopic (exact) mass is 441 g/mol. The molecular weight excluding hydrogens is 414 g/mol. The second-order valence-electron chi connectivity index (χ2n) is 7.12. The fourth-order valence-electron chi connectivity index (χ4n) is 3.17. The number of hydrogen-bond acceptors (Lipinski definition) is 6. The number of para-hydroxylation sites is 2. The van der Waals surface area contributed by atoms with Crippen molar-refractivity contribution in [2.45, 2.75) is 6.10 Å². The average molecular weight is 441 g/mol. The van der Waals surface area contributed by atoms with Crippen molar-refractivity contribution >= 4 is 17.7 Å². The van der Waals surface area contributed by atoms with Gasteiger partial charge in [-0.2, -0.15) is 0 Å². The minimum Gasteiger partial charge on any atom is -0.493 e. The Morgan fingerprint density at radius 2 is 1.72 bits per heavy atom. The first-order valence-electron chi connectivity index (χ1n) is 10.3. The van der Waals surface area contributed by atoms with Gasteiger partial charge in [-0.05, 0) is 24.3 Å². The molecule has 3 rings (SSSR count). The molecule has 9 nitrogen and oxygen atoms in total. The van der Waals surface area contributed by atoms with Crippen LogP contribution in [0.4, 0.5) is 0 Å². The van der Waals surface area contributed by atoms with Gasteiger partial charge < -0.3 is 29.7 Å². The molecule has 1 saturated heterocycles. The molecule has 2 aromatic carbocycles. The first kappa shape index (κ1) is 23.1. The van der Waals surface area contributed by atoms with E-state index in [1.54, 1.807) is 54.5 Å². The molecule has 2 N–H and O–H groups in total. The summed E-state index contributed by atoms with van der Waals surface area (Å²) >= 11 is 0. The molecule has 1 heterocycles. The molecule has 1 unspecified atom stereocenters. The van der Waals surface area contributed by atoms with Crippen molar-refractivity contribution in [1.29, 1.82) is 0 Å². The second-order valence-corrected chi connectivity index (χ2v) is 7.12. The summed E-state index contributed by atoms with van der Waals surface area (Å²) in [7, 11) is 1.57. The number of carbonyl (C=O) groups excluding carboxylic acids is 3. The van der Waals surface area contributed by atoms with E-state index in [1.165, 1.54) is 0 Å². The van der Waals surface area contributed by atoms with Gasteiger partial charge in [0.2, 0.25) is 11.8 Å². The van der Waals surface area contributed by atoms with E-state index in [1.807, 2.05) is 12.1 Å². The smallest absolute Gasteiger partial charge is 0.251 e. The van der Waals surface area contributed by atoms with Crippen molar-refractivity contribution < 1.29 is 28.6 Å². The predicted octanol–water partition coefficient (Wildman–Crippen LogP) is 0.848. The van der Waals surface area contributed by atoms with E-state index in [-0.39, 0.29) is 37.6 Å². The Labute approximate surface area is 186 Å². The van der Waals surface area contributed by atoms with Gasteiger partial charge in [0.25, 0.3) is 5.91 Å². The van der Waals surface area contributed by atoms with Crippen molar-refractivity contribution in [1.82, 2.24) is 15.5 Å². The molecule has 0 aromatic heterocycles. The molecular formula is C23H27N3O6. The summed E-state index contributed by atoms with van der Waals surface area (Å²) in [6.07, 6.45) is -0.293. The van der Waals surface area contributed by atoms with Gasteiger partial charge in [-0.1, -0.05) is 30.3 Å². The highest BCUT2D eigenvalue weighted by molar-refractivity contribution is 5.96. The molecule has 9 heteroatoms. The Bertz CT molecular complexity index is 921. The summed E-state index contributed by atoms with van der Waals surface area (Å²) in [4.78, 5) is 38.1. The van der Waals surface area contributed by atoms with Crippen LogP contribution < -0.4 is 20.1 Å². The van der Waals surface area contributed by atoms with Crippen LogP contribution in [0.1, 0.15) is 10.4 Å². The number of benzene rings is 2.